The predicted molar refractivity (Wildman–Crippen MR) is 52.9 cm³/mol. The van der Waals surface area contributed by atoms with Crippen LogP contribution in [-0.2, 0) is 0 Å². The van der Waals surface area contributed by atoms with Gasteiger partial charge in [0.2, 0.25) is 0 Å². The molecule has 72 valence electrons. The molecule has 2 N–H and O–H groups in total. The molecule has 0 aliphatic heterocycles. The normalized spacial score (nSPS) is 7.09. The second-order valence-corrected chi connectivity index (χ2v) is 1.75. The molecule has 11 heavy (non-hydrogen) atoms. The van der Waals surface area contributed by atoms with Crippen molar-refractivity contribution >= 4 is 0 Å². The summed E-state index contributed by atoms with van der Waals surface area (Å²) in [6, 6.07) is 0. The summed E-state index contributed by atoms with van der Waals surface area (Å²) in [5, 5.41) is 10.3. The van der Waals surface area contributed by atoms with E-state index in [4.69, 9.17) is 5.11 Å². The van der Waals surface area contributed by atoms with Gasteiger partial charge in [0.15, 0.2) is 0 Å². The van der Waals surface area contributed by atoms with Crippen LogP contribution < -0.4 is 5.32 Å². The fraction of sp³-hybridized carbons (Fsp3) is 1.00. The van der Waals surface area contributed by atoms with Gasteiger partial charge in [0, 0.05) is 7.11 Å². The van der Waals surface area contributed by atoms with E-state index in [2.05, 4.69) is 19.2 Å². The minimum Gasteiger partial charge on any atom is -0.400 e. The molecule has 2 nitrogen and oxygen atoms in total. The van der Waals surface area contributed by atoms with Gasteiger partial charge in [-0.3, -0.25) is 0 Å². The molecule has 0 bridgehead atoms. The fourth-order valence-electron chi connectivity index (χ4n) is 0.479. The number of hydrogen-bond donors (Lipinski definition) is 2. The van der Waals surface area contributed by atoms with Gasteiger partial charge >= 0.3 is 0 Å². The highest BCUT2D eigenvalue weighted by molar-refractivity contribution is 4.39. The van der Waals surface area contributed by atoms with Crippen LogP contribution in [0.25, 0.3) is 0 Å². The first kappa shape index (κ1) is 17.1. The van der Waals surface area contributed by atoms with Gasteiger partial charge in [-0.05, 0) is 25.9 Å². The fourth-order valence-corrected chi connectivity index (χ4v) is 0.479. The van der Waals surface area contributed by atoms with Gasteiger partial charge in [0.25, 0.3) is 0 Å². The molecular weight excluding hydrogens is 138 g/mol. The standard InChI is InChI=1S/C6H15N.C2H6.CH4O/c1-3-5-7-6-4-2;2*1-2/h7H,3-6H2,1-2H3;1-2H3;2H,1H3. The van der Waals surface area contributed by atoms with Crippen molar-refractivity contribution in [3.05, 3.63) is 0 Å². The SMILES string of the molecule is CC.CCCNCCC.CO. The zero-order valence-corrected chi connectivity index (χ0v) is 8.78. The Morgan fingerprint density at radius 1 is 0.909 bits per heavy atom. The molecule has 0 fully saturated rings. The van der Waals surface area contributed by atoms with Gasteiger partial charge in [0.1, 0.15) is 0 Å². The predicted octanol–water partition coefficient (Wildman–Crippen LogP) is 2.03. The summed E-state index contributed by atoms with van der Waals surface area (Å²) >= 11 is 0. The van der Waals surface area contributed by atoms with Crippen molar-refractivity contribution in [3.8, 4) is 0 Å². The number of rotatable bonds is 4. The van der Waals surface area contributed by atoms with E-state index >= 15 is 0 Å². The summed E-state index contributed by atoms with van der Waals surface area (Å²) in [4.78, 5) is 0. The lowest BCUT2D eigenvalue weighted by atomic mass is 10.4. The Morgan fingerprint density at radius 2 is 1.18 bits per heavy atom. The lowest BCUT2D eigenvalue weighted by Crippen LogP contribution is -2.14. The lowest BCUT2D eigenvalue weighted by Gasteiger charge is -1.95. The van der Waals surface area contributed by atoms with Crippen molar-refractivity contribution < 1.29 is 5.11 Å². The second-order valence-electron chi connectivity index (χ2n) is 1.75. The molecule has 0 aliphatic carbocycles. The number of aliphatic hydroxyl groups excluding tert-OH is 1. The average Bonchev–Trinajstić information content (AvgIpc) is 2.13. The molecule has 0 unspecified atom stereocenters. The molecule has 0 rings (SSSR count). The molecular formula is C9H25NO. The van der Waals surface area contributed by atoms with Gasteiger partial charge in [-0.1, -0.05) is 27.7 Å². The zero-order valence-electron chi connectivity index (χ0n) is 8.78. The maximum absolute atomic E-state index is 7.00. The molecule has 0 radical (unpaired) electrons. The monoisotopic (exact) mass is 163 g/mol. The van der Waals surface area contributed by atoms with E-state index in [9.17, 15) is 0 Å². The Morgan fingerprint density at radius 3 is 1.36 bits per heavy atom. The molecule has 0 amide bonds. The van der Waals surface area contributed by atoms with Crippen molar-refractivity contribution in [2.75, 3.05) is 20.2 Å². The van der Waals surface area contributed by atoms with E-state index in [0.29, 0.717) is 0 Å². The first-order chi connectivity index (χ1) is 5.41. The van der Waals surface area contributed by atoms with Crippen LogP contribution >= 0.6 is 0 Å². The van der Waals surface area contributed by atoms with E-state index in [-0.39, 0.29) is 0 Å². The van der Waals surface area contributed by atoms with Crippen LogP contribution in [-0.4, -0.2) is 25.3 Å². The van der Waals surface area contributed by atoms with Gasteiger partial charge in [-0.15, -0.1) is 0 Å². The Hall–Kier alpha value is -0.0800. The van der Waals surface area contributed by atoms with Gasteiger partial charge < -0.3 is 10.4 Å². The van der Waals surface area contributed by atoms with Crippen LogP contribution in [0.3, 0.4) is 0 Å². The van der Waals surface area contributed by atoms with Gasteiger partial charge in [-0.2, -0.15) is 0 Å². The summed E-state index contributed by atoms with van der Waals surface area (Å²) < 4.78 is 0. The topological polar surface area (TPSA) is 32.3 Å². The summed E-state index contributed by atoms with van der Waals surface area (Å²) in [6.07, 6.45) is 2.50. The van der Waals surface area contributed by atoms with E-state index in [1.165, 1.54) is 25.9 Å². The van der Waals surface area contributed by atoms with E-state index < -0.39 is 0 Å². The largest absolute Gasteiger partial charge is 0.400 e. The molecule has 0 aromatic rings. The van der Waals surface area contributed by atoms with E-state index in [0.717, 1.165) is 7.11 Å². The first-order valence-corrected chi connectivity index (χ1v) is 4.57. The van der Waals surface area contributed by atoms with Gasteiger partial charge in [-0.25, -0.2) is 0 Å². The van der Waals surface area contributed by atoms with Crippen LogP contribution in [0.1, 0.15) is 40.5 Å². The van der Waals surface area contributed by atoms with Crippen molar-refractivity contribution in [2.24, 2.45) is 0 Å². The molecule has 0 heterocycles. The number of hydrogen-bond acceptors (Lipinski definition) is 2. The van der Waals surface area contributed by atoms with Crippen molar-refractivity contribution in [1.82, 2.24) is 5.32 Å². The molecule has 0 aromatic heterocycles. The minimum absolute atomic E-state index is 1.00. The van der Waals surface area contributed by atoms with Crippen molar-refractivity contribution in [1.29, 1.82) is 0 Å². The third-order valence-corrected chi connectivity index (χ3v) is 0.854. The van der Waals surface area contributed by atoms with E-state index in [1.54, 1.807) is 0 Å². The number of aliphatic hydroxyl groups is 1. The zero-order chi connectivity index (χ0) is 9.54. The third kappa shape index (κ3) is 40.5. The smallest absolute Gasteiger partial charge is 0.0319 e. The Bertz CT molecular complexity index is 28.7. The summed E-state index contributed by atoms with van der Waals surface area (Å²) in [7, 11) is 1.00. The Balaban J connectivity index is -0.000000138. The van der Waals surface area contributed by atoms with Crippen LogP contribution in [0, 0.1) is 0 Å². The maximum Gasteiger partial charge on any atom is 0.0319 e. The number of nitrogens with one attached hydrogen (secondary N) is 1. The summed E-state index contributed by atoms with van der Waals surface area (Å²) in [6.45, 7) is 10.7. The van der Waals surface area contributed by atoms with Crippen LogP contribution in [0.15, 0.2) is 0 Å². The molecule has 2 heteroatoms. The molecule has 0 spiro atoms. The third-order valence-electron chi connectivity index (χ3n) is 0.854. The van der Waals surface area contributed by atoms with Crippen LogP contribution in [0.4, 0.5) is 0 Å². The molecule has 0 atom stereocenters. The summed E-state index contributed by atoms with van der Waals surface area (Å²) in [5.74, 6) is 0. The van der Waals surface area contributed by atoms with Crippen molar-refractivity contribution in [2.45, 2.75) is 40.5 Å². The molecule has 0 saturated heterocycles. The first-order valence-electron chi connectivity index (χ1n) is 4.57. The average molecular weight is 163 g/mol. The van der Waals surface area contributed by atoms with Crippen LogP contribution in [0.2, 0.25) is 0 Å². The van der Waals surface area contributed by atoms with Crippen LogP contribution in [0.5, 0.6) is 0 Å². The van der Waals surface area contributed by atoms with Gasteiger partial charge in [0.05, 0.1) is 0 Å². The van der Waals surface area contributed by atoms with E-state index in [1.807, 2.05) is 13.8 Å². The molecule has 0 aromatic carbocycles. The quantitative estimate of drug-likeness (QED) is 0.622. The molecule has 0 saturated carbocycles. The molecule has 0 aliphatic rings. The maximum atomic E-state index is 7.00. The Labute approximate surface area is 72.0 Å². The van der Waals surface area contributed by atoms with Crippen molar-refractivity contribution in [3.63, 3.8) is 0 Å². The second kappa shape index (κ2) is 32.6. The highest BCUT2D eigenvalue weighted by Gasteiger charge is 1.76. The summed E-state index contributed by atoms with van der Waals surface area (Å²) in [5.41, 5.74) is 0. The highest BCUT2D eigenvalue weighted by atomic mass is 16.2. The highest BCUT2D eigenvalue weighted by Crippen LogP contribution is 1.71. The Kier molecular flexibility index (Phi) is 50.8. The lowest BCUT2D eigenvalue weighted by molar-refractivity contribution is 0.399. The minimum atomic E-state index is 1.00.